The van der Waals surface area contributed by atoms with Gasteiger partial charge in [0.1, 0.15) is 0 Å². The first-order valence-electron chi connectivity index (χ1n) is 5.17. The fourth-order valence-corrected chi connectivity index (χ4v) is 2.55. The van der Waals surface area contributed by atoms with Crippen LogP contribution in [0.25, 0.3) is 10.2 Å². The topological polar surface area (TPSA) is 50.2 Å². The molecule has 1 N–H and O–H groups in total. The highest BCUT2D eigenvalue weighted by atomic mass is 32.1. The van der Waals surface area contributed by atoms with E-state index in [2.05, 4.69) is 18.8 Å². The summed E-state index contributed by atoms with van der Waals surface area (Å²) < 4.78 is 1.07. The first-order valence-corrected chi connectivity index (χ1v) is 5.99. The number of carboxylic acids is 1. The number of hydrogen-bond donors (Lipinski definition) is 1. The monoisotopic (exact) mass is 235 g/mol. The lowest BCUT2D eigenvalue weighted by molar-refractivity contribution is -0.136. The van der Waals surface area contributed by atoms with Gasteiger partial charge in [0.15, 0.2) is 0 Å². The molecule has 2 rings (SSSR count). The molecule has 0 aliphatic carbocycles. The minimum atomic E-state index is -0.798. The molecule has 2 aromatic rings. The molecular weight excluding hydrogens is 222 g/mol. The van der Waals surface area contributed by atoms with Crippen LogP contribution >= 0.6 is 11.3 Å². The minimum absolute atomic E-state index is 0.0743. The van der Waals surface area contributed by atoms with Crippen LogP contribution in [0.1, 0.15) is 30.3 Å². The Balaban J connectivity index is 2.41. The van der Waals surface area contributed by atoms with Gasteiger partial charge in [0, 0.05) is 5.92 Å². The van der Waals surface area contributed by atoms with Crippen molar-refractivity contribution in [3.05, 3.63) is 28.8 Å². The van der Waals surface area contributed by atoms with Crippen LogP contribution in [0.4, 0.5) is 0 Å². The zero-order chi connectivity index (χ0) is 11.7. The van der Waals surface area contributed by atoms with Crippen molar-refractivity contribution in [3.63, 3.8) is 0 Å². The van der Waals surface area contributed by atoms with Crippen LogP contribution in [-0.4, -0.2) is 16.1 Å². The lowest BCUT2D eigenvalue weighted by Crippen LogP contribution is -1.99. The number of nitrogens with zero attached hydrogens (tertiary/aromatic N) is 1. The third kappa shape index (κ3) is 2.22. The van der Waals surface area contributed by atoms with Crippen LogP contribution in [-0.2, 0) is 11.2 Å². The maximum absolute atomic E-state index is 10.6. The number of carboxylic acid groups (broad SMARTS) is 1. The van der Waals surface area contributed by atoms with Crippen LogP contribution in [0.15, 0.2) is 18.2 Å². The summed E-state index contributed by atoms with van der Waals surface area (Å²) in [7, 11) is 0. The molecule has 0 fully saturated rings. The molecule has 0 saturated heterocycles. The number of rotatable bonds is 3. The first kappa shape index (κ1) is 11.1. The Morgan fingerprint density at radius 3 is 2.88 bits per heavy atom. The van der Waals surface area contributed by atoms with E-state index < -0.39 is 5.97 Å². The van der Waals surface area contributed by atoms with E-state index in [1.165, 1.54) is 0 Å². The predicted molar refractivity (Wildman–Crippen MR) is 65.0 cm³/mol. The zero-order valence-electron chi connectivity index (χ0n) is 9.23. The maximum atomic E-state index is 10.6. The third-order valence-electron chi connectivity index (χ3n) is 2.32. The minimum Gasteiger partial charge on any atom is -0.481 e. The van der Waals surface area contributed by atoms with Crippen molar-refractivity contribution < 1.29 is 9.90 Å². The van der Waals surface area contributed by atoms with E-state index in [0.717, 1.165) is 20.8 Å². The molecular formula is C12H13NO2S. The maximum Gasteiger partial charge on any atom is 0.307 e. The Hall–Kier alpha value is -1.42. The molecule has 0 aliphatic rings. The van der Waals surface area contributed by atoms with E-state index in [-0.39, 0.29) is 6.42 Å². The second-order valence-corrected chi connectivity index (χ2v) is 5.14. The Kier molecular flexibility index (Phi) is 2.92. The van der Waals surface area contributed by atoms with E-state index in [0.29, 0.717) is 5.92 Å². The van der Waals surface area contributed by atoms with Crippen LogP contribution in [0, 0.1) is 0 Å². The molecule has 4 heteroatoms. The molecule has 0 atom stereocenters. The van der Waals surface area contributed by atoms with Gasteiger partial charge in [-0.1, -0.05) is 19.9 Å². The fourth-order valence-electron chi connectivity index (χ4n) is 1.52. The van der Waals surface area contributed by atoms with Gasteiger partial charge in [-0.25, -0.2) is 4.98 Å². The van der Waals surface area contributed by atoms with Gasteiger partial charge in [-0.05, 0) is 17.7 Å². The van der Waals surface area contributed by atoms with Gasteiger partial charge >= 0.3 is 5.97 Å². The molecule has 0 spiro atoms. The van der Waals surface area contributed by atoms with E-state index in [1.54, 1.807) is 11.3 Å². The Labute approximate surface area is 97.8 Å². The summed E-state index contributed by atoms with van der Waals surface area (Å²) in [5.74, 6) is -0.381. The average molecular weight is 235 g/mol. The molecule has 0 saturated carbocycles. The van der Waals surface area contributed by atoms with Gasteiger partial charge in [0.05, 0.1) is 21.6 Å². The van der Waals surface area contributed by atoms with Crippen LogP contribution in [0.2, 0.25) is 0 Å². The Bertz CT molecular complexity index is 531. The molecule has 1 aromatic carbocycles. The molecule has 1 aromatic heterocycles. The molecule has 0 aliphatic heterocycles. The van der Waals surface area contributed by atoms with E-state index >= 15 is 0 Å². The molecule has 0 amide bonds. The van der Waals surface area contributed by atoms with Gasteiger partial charge in [0.2, 0.25) is 0 Å². The highest BCUT2D eigenvalue weighted by molar-refractivity contribution is 7.18. The quantitative estimate of drug-likeness (QED) is 0.889. The number of fused-ring (bicyclic) bond motifs is 1. The van der Waals surface area contributed by atoms with E-state index in [9.17, 15) is 4.79 Å². The number of thiazole rings is 1. The first-order chi connectivity index (χ1) is 7.56. The SMILES string of the molecule is CC(C)c1nc2ccc(CC(=O)O)cc2s1. The number of aromatic nitrogens is 1. The lowest BCUT2D eigenvalue weighted by atomic mass is 10.1. The molecule has 0 bridgehead atoms. The van der Waals surface area contributed by atoms with E-state index in [4.69, 9.17) is 5.11 Å². The van der Waals surface area contributed by atoms with Crippen LogP contribution in [0.3, 0.4) is 0 Å². The fraction of sp³-hybridized carbons (Fsp3) is 0.333. The van der Waals surface area contributed by atoms with Gasteiger partial charge in [-0.2, -0.15) is 0 Å². The van der Waals surface area contributed by atoms with Crippen LogP contribution in [0.5, 0.6) is 0 Å². The van der Waals surface area contributed by atoms with Crippen molar-refractivity contribution in [2.45, 2.75) is 26.2 Å². The summed E-state index contributed by atoms with van der Waals surface area (Å²) in [4.78, 5) is 15.1. The van der Waals surface area contributed by atoms with Crippen molar-refractivity contribution in [1.82, 2.24) is 4.98 Å². The van der Waals surface area contributed by atoms with Crippen LogP contribution < -0.4 is 0 Å². The summed E-state index contributed by atoms with van der Waals surface area (Å²) in [6.07, 6.45) is 0.0743. The number of aliphatic carboxylic acids is 1. The Morgan fingerprint density at radius 1 is 1.50 bits per heavy atom. The molecule has 0 unspecified atom stereocenters. The summed E-state index contributed by atoms with van der Waals surface area (Å²) in [5, 5.41) is 9.82. The van der Waals surface area contributed by atoms with Crippen molar-refractivity contribution in [3.8, 4) is 0 Å². The van der Waals surface area contributed by atoms with Crippen molar-refractivity contribution >= 4 is 27.5 Å². The largest absolute Gasteiger partial charge is 0.481 e. The lowest BCUT2D eigenvalue weighted by Gasteiger charge is -1.95. The molecule has 16 heavy (non-hydrogen) atoms. The highest BCUT2D eigenvalue weighted by Gasteiger charge is 2.08. The third-order valence-corrected chi connectivity index (χ3v) is 3.64. The second kappa shape index (κ2) is 4.22. The van der Waals surface area contributed by atoms with Gasteiger partial charge in [0.25, 0.3) is 0 Å². The van der Waals surface area contributed by atoms with Gasteiger partial charge in [-0.3, -0.25) is 4.79 Å². The highest BCUT2D eigenvalue weighted by Crippen LogP contribution is 2.27. The molecule has 84 valence electrons. The van der Waals surface area contributed by atoms with Gasteiger partial charge in [-0.15, -0.1) is 11.3 Å². The second-order valence-electron chi connectivity index (χ2n) is 4.08. The number of carbonyl (C=O) groups is 1. The summed E-state index contributed by atoms with van der Waals surface area (Å²) in [6, 6.07) is 5.66. The molecule has 3 nitrogen and oxygen atoms in total. The standard InChI is InChI=1S/C12H13NO2S/c1-7(2)12-13-9-4-3-8(6-11(14)15)5-10(9)16-12/h3-5,7H,6H2,1-2H3,(H,14,15). The predicted octanol–water partition coefficient (Wildman–Crippen LogP) is 3.05. The van der Waals surface area contributed by atoms with Crippen molar-refractivity contribution in [2.75, 3.05) is 0 Å². The van der Waals surface area contributed by atoms with E-state index in [1.807, 2.05) is 18.2 Å². The van der Waals surface area contributed by atoms with Crippen molar-refractivity contribution in [2.24, 2.45) is 0 Å². The summed E-state index contributed by atoms with van der Waals surface area (Å²) >= 11 is 1.64. The summed E-state index contributed by atoms with van der Waals surface area (Å²) in [6.45, 7) is 4.21. The smallest absolute Gasteiger partial charge is 0.307 e. The zero-order valence-corrected chi connectivity index (χ0v) is 10.0. The number of hydrogen-bond acceptors (Lipinski definition) is 3. The van der Waals surface area contributed by atoms with Crippen molar-refractivity contribution in [1.29, 1.82) is 0 Å². The van der Waals surface area contributed by atoms with Gasteiger partial charge < -0.3 is 5.11 Å². The molecule has 0 radical (unpaired) electrons. The normalized spacial score (nSPS) is 11.2. The average Bonchev–Trinajstić information content (AvgIpc) is 2.59. The summed E-state index contributed by atoms with van der Waals surface area (Å²) in [5.41, 5.74) is 1.79. The number of benzene rings is 1. The molecule has 1 heterocycles. The Morgan fingerprint density at radius 2 is 2.25 bits per heavy atom.